The van der Waals surface area contributed by atoms with Gasteiger partial charge in [-0.15, -0.1) is 0 Å². The minimum Gasteiger partial charge on any atom is -0.456 e. The Bertz CT molecular complexity index is 1380. The highest BCUT2D eigenvalue weighted by Gasteiger charge is 2.41. The number of sulfonamides is 1. The van der Waals surface area contributed by atoms with Gasteiger partial charge in [-0.05, 0) is 42.5 Å². The van der Waals surface area contributed by atoms with E-state index >= 15 is 0 Å². The predicted octanol–water partition coefficient (Wildman–Crippen LogP) is 3.98. The molecule has 9 nitrogen and oxygen atoms in total. The molecule has 4 rings (SSSR count). The second-order valence-corrected chi connectivity index (χ2v) is 9.97. The summed E-state index contributed by atoms with van der Waals surface area (Å²) in [6, 6.07) is 13.7. The molecule has 1 saturated heterocycles. The summed E-state index contributed by atoms with van der Waals surface area (Å²) in [6.45, 7) is -0.486. The number of nitro benzene ring substituents is 1. The fourth-order valence-corrected chi connectivity index (χ4v) is 6.18. The molecule has 1 fully saturated rings. The van der Waals surface area contributed by atoms with Crippen LogP contribution in [0.15, 0.2) is 65.6 Å². The first-order chi connectivity index (χ1) is 16.2. The Morgan fingerprint density at radius 2 is 1.76 bits per heavy atom. The zero-order chi connectivity index (χ0) is 24.5. The molecule has 0 radical (unpaired) electrons. The van der Waals surface area contributed by atoms with Gasteiger partial charge in [0.25, 0.3) is 5.69 Å². The molecule has 0 spiro atoms. The summed E-state index contributed by atoms with van der Waals surface area (Å²) in [7, 11) is -4.09. The lowest BCUT2D eigenvalue weighted by Gasteiger charge is -2.23. The Morgan fingerprint density at radius 1 is 1.09 bits per heavy atom. The highest BCUT2D eigenvalue weighted by atomic mass is 35.5. The standard InChI is InChI=1S/C23H19ClN2O7S/c24-18-6-1-4-16-5-2-8-21(22(16)18)34(31,32)25-13-3-7-19(25)23(28)33-14-20(27)15-9-11-17(12-10-15)26(29)30/h1-2,4-6,8-12,19H,3,7,13-14H2/t19-/m0/s1. The summed E-state index contributed by atoms with van der Waals surface area (Å²) in [4.78, 5) is 35.2. The second kappa shape index (κ2) is 9.49. The molecule has 0 aliphatic carbocycles. The minimum absolute atomic E-state index is 0.00254. The van der Waals surface area contributed by atoms with Gasteiger partial charge in [-0.25, -0.2) is 8.42 Å². The monoisotopic (exact) mass is 502 g/mol. The average molecular weight is 503 g/mol. The minimum atomic E-state index is -4.09. The van der Waals surface area contributed by atoms with Gasteiger partial charge in [0.1, 0.15) is 6.04 Å². The first kappa shape index (κ1) is 23.8. The zero-order valence-corrected chi connectivity index (χ0v) is 19.3. The van der Waals surface area contributed by atoms with E-state index in [-0.39, 0.29) is 34.1 Å². The fourth-order valence-electron chi connectivity index (χ4n) is 3.95. The van der Waals surface area contributed by atoms with Crippen LogP contribution in [0.2, 0.25) is 5.02 Å². The number of rotatable bonds is 7. The number of ether oxygens (including phenoxy) is 1. The van der Waals surface area contributed by atoms with Crippen LogP contribution in [0.25, 0.3) is 10.8 Å². The molecule has 1 atom stereocenters. The van der Waals surface area contributed by atoms with Gasteiger partial charge in [-0.3, -0.25) is 19.7 Å². The van der Waals surface area contributed by atoms with Gasteiger partial charge in [0, 0.05) is 34.6 Å². The molecule has 34 heavy (non-hydrogen) atoms. The number of fused-ring (bicyclic) bond motifs is 1. The van der Waals surface area contributed by atoms with Crippen molar-refractivity contribution in [1.29, 1.82) is 0 Å². The molecule has 176 valence electrons. The topological polar surface area (TPSA) is 124 Å². The lowest BCUT2D eigenvalue weighted by molar-refractivity contribution is -0.384. The summed E-state index contributed by atoms with van der Waals surface area (Å²) in [5.74, 6) is -1.39. The molecule has 0 bridgehead atoms. The molecule has 1 aliphatic heterocycles. The van der Waals surface area contributed by atoms with E-state index in [1.165, 1.54) is 30.3 Å². The van der Waals surface area contributed by atoms with Gasteiger partial charge in [-0.1, -0.05) is 35.9 Å². The number of nitro groups is 1. The first-order valence-electron chi connectivity index (χ1n) is 10.3. The molecule has 0 amide bonds. The summed E-state index contributed by atoms with van der Waals surface area (Å²) >= 11 is 6.29. The third-order valence-electron chi connectivity index (χ3n) is 5.62. The van der Waals surface area contributed by atoms with Crippen LogP contribution < -0.4 is 0 Å². The number of carbonyl (C=O) groups is 2. The molecule has 11 heteroatoms. The van der Waals surface area contributed by atoms with Crippen LogP contribution in [0.1, 0.15) is 23.2 Å². The molecular weight excluding hydrogens is 484 g/mol. The number of nitrogens with zero attached hydrogens (tertiary/aromatic N) is 2. The highest BCUT2D eigenvalue weighted by Crippen LogP contribution is 2.34. The van der Waals surface area contributed by atoms with Crippen molar-refractivity contribution in [3.63, 3.8) is 0 Å². The largest absolute Gasteiger partial charge is 0.456 e. The molecule has 1 heterocycles. The normalized spacial score (nSPS) is 16.4. The van der Waals surface area contributed by atoms with Crippen molar-refractivity contribution in [3.05, 3.63) is 81.4 Å². The van der Waals surface area contributed by atoms with Crippen LogP contribution >= 0.6 is 11.6 Å². The first-order valence-corrected chi connectivity index (χ1v) is 12.2. The van der Waals surface area contributed by atoms with Crippen molar-refractivity contribution in [2.45, 2.75) is 23.8 Å². The van der Waals surface area contributed by atoms with Crippen LogP contribution in [0.3, 0.4) is 0 Å². The molecule has 0 N–H and O–H groups in total. The van der Waals surface area contributed by atoms with Crippen molar-refractivity contribution < 1.29 is 27.7 Å². The Hall–Kier alpha value is -3.34. The molecular formula is C23H19ClN2O7S. The van der Waals surface area contributed by atoms with E-state index in [0.29, 0.717) is 17.2 Å². The van der Waals surface area contributed by atoms with Gasteiger partial charge in [0.15, 0.2) is 12.4 Å². The third-order valence-corrected chi connectivity index (χ3v) is 7.89. The van der Waals surface area contributed by atoms with Gasteiger partial charge in [-0.2, -0.15) is 4.31 Å². The van der Waals surface area contributed by atoms with Crippen LogP contribution in [-0.2, 0) is 19.6 Å². The van der Waals surface area contributed by atoms with Crippen molar-refractivity contribution in [2.24, 2.45) is 0 Å². The summed E-state index contributed by atoms with van der Waals surface area (Å²) < 4.78 is 33.2. The van der Waals surface area contributed by atoms with E-state index in [2.05, 4.69) is 0 Å². The van der Waals surface area contributed by atoms with Gasteiger partial charge in [0.2, 0.25) is 10.0 Å². The Balaban J connectivity index is 1.51. The SMILES string of the molecule is O=C(COC(=O)[C@@H]1CCCN1S(=O)(=O)c1cccc2cccc(Cl)c12)c1ccc([N+](=O)[O-])cc1. The number of halogens is 1. The number of hydrogen-bond acceptors (Lipinski definition) is 7. The predicted molar refractivity (Wildman–Crippen MR) is 124 cm³/mol. The quantitative estimate of drug-likeness (QED) is 0.207. The van der Waals surface area contributed by atoms with Crippen LogP contribution in [-0.4, -0.2) is 48.6 Å². The van der Waals surface area contributed by atoms with Crippen molar-refractivity contribution in [2.75, 3.05) is 13.2 Å². The number of benzene rings is 3. The van der Waals surface area contributed by atoms with Crippen molar-refractivity contribution in [1.82, 2.24) is 4.31 Å². The molecule has 0 aromatic heterocycles. The molecule has 3 aromatic rings. The Labute approximate surface area is 200 Å². The Morgan fingerprint density at radius 3 is 2.44 bits per heavy atom. The van der Waals surface area contributed by atoms with Crippen LogP contribution in [0, 0.1) is 10.1 Å². The van der Waals surface area contributed by atoms with Crippen molar-refractivity contribution in [3.8, 4) is 0 Å². The van der Waals surface area contributed by atoms with E-state index < -0.39 is 39.3 Å². The van der Waals surface area contributed by atoms with Crippen LogP contribution in [0.5, 0.6) is 0 Å². The maximum Gasteiger partial charge on any atom is 0.324 e. The number of ketones is 1. The lowest BCUT2D eigenvalue weighted by atomic mass is 10.1. The molecule has 0 unspecified atom stereocenters. The van der Waals surface area contributed by atoms with Gasteiger partial charge < -0.3 is 4.74 Å². The Kier molecular flexibility index (Phi) is 6.65. The average Bonchev–Trinajstić information content (AvgIpc) is 3.33. The van der Waals surface area contributed by atoms with E-state index in [1.54, 1.807) is 30.3 Å². The molecule has 3 aromatic carbocycles. The number of carbonyl (C=O) groups excluding carboxylic acids is 2. The second-order valence-electron chi connectivity index (χ2n) is 7.70. The van der Waals surface area contributed by atoms with Crippen LogP contribution in [0.4, 0.5) is 5.69 Å². The number of hydrogen-bond donors (Lipinski definition) is 0. The van der Waals surface area contributed by atoms with Gasteiger partial charge in [0.05, 0.1) is 9.82 Å². The molecule has 0 saturated carbocycles. The number of esters is 1. The maximum absolute atomic E-state index is 13.5. The lowest BCUT2D eigenvalue weighted by Crippen LogP contribution is -2.41. The summed E-state index contributed by atoms with van der Waals surface area (Å²) in [5.41, 5.74) is -0.0337. The number of non-ortho nitro benzene ring substituents is 1. The fraction of sp³-hybridized carbons (Fsp3) is 0.217. The van der Waals surface area contributed by atoms with E-state index in [1.807, 2.05) is 0 Å². The van der Waals surface area contributed by atoms with Crippen molar-refractivity contribution >= 4 is 49.8 Å². The summed E-state index contributed by atoms with van der Waals surface area (Å²) in [5, 5.41) is 12.0. The smallest absolute Gasteiger partial charge is 0.324 e. The molecule has 1 aliphatic rings. The zero-order valence-electron chi connectivity index (χ0n) is 17.7. The maximum atomic E-state index is 13.5. The van der Waals surface area contributed by atoms with E-state index in [9.17, 15) is 28.1 Å². The van der Waals surface area contributed by atoms with Gasteiger partial charge >= 0.3 is 5.97 Å². The highest BCUT2D eigenvalue weighted by molar-refractivity contribution is 7.89. The van der Waals surface area contributed by atoms with E-state index in [0.717, 1.165) is 4.31 Å². The van der Waals surface area contributed by atoms with E-state index in [4.69, 9.17) is 16.3 Å². The summed E-state index contributed by atoms with van der Waals surface area (Å²) in [6.07, 6.45) is 0.704. The number of Topliss-reactive ketones (excluding diaryl/α,β-unsaturated/α-hetero) is 1. The third kappa shape index (κ3) is 4.52.